The van der Waals surface area contributed by atoms with Crippen LogP contribution in [0.3, 0.4) is 0 Å². The zero-order chi connectivity index (χ0) is 14.5. The molecule has 1 aromatic heterocycles. The van der Waals surface area contributed by atoms with Crippen LogP contribution in [0.1, 0.15) is 11.3 Å². The molecule has 0 aliphatic heterocycles. The fourth-order valence-electron chi connectivity index (χ4n) is 1.54. The Hall–Kier alpha value is -2.65. The molecule has 0 fully saturated rings. The van der Waals surface area contributed by atoms with E-state index < -0.39 is 4.92 Å². The zero-order valence-electron chi connectivity index (χ0n) is 10.1. The maximum Gasteiger partial charge on any atom is 0.311 e. The molecule has 0 amide bonds. The number of pyridine rings is 1. The van der Waals surface area contributed by atoms with Crippen LogP contribution >= 0.6 is 11.6 Å². The number of aromatic nitrogens is 1. The largest absolute Gasteiger partial charge is 0.482 e. The highest BCUT2D eigenvalue weighted by molar-refractivity contribution is 6.30. The summed E-state index contributed by atoms with van der Waals surface area (Å²) in [5.41, 5.74) is 0.779. The van der Waals surface area contributed by atoms with Crippen molar-refractivity contribution < 1.29 is 9.66 Å². The summed E-state index contributed by atoms with van der Waals surface area (Å²) in [5.74, 6) is 0.0813. The lowest BCUT2D eigenvalue weighted by molar-refractivity contribution is -0.385. The lowest BCUT2D eigenvalue weighted by atomic mass is 10.2. The third kappa shape index (κ3) is 3.22. The molecule has 6 nitrogen and oxygen atoms in total. The van der Waals surface area contributed by atoms with Gasteiger partial charge in [0.05, 0.1) is 4.92 Å². The van der Waals surface area contributed by atoms with Crippen LogP contribution in [-0.2, 0) is 6.61 Å². The molecule has 20 heavy (non-hydrogen) atoms. The molecule has 0 N–H and O–H groups in total. The molecule has 0 aliphatic carbocycles. The van der Waals surface area contributed by atoms with Crippen LogP contribution in [0.4, 0.5) is 5.69 Å². The Balaban J connectivity index is 2.20. The molecule has 2 rings (SSSR count). The highest BCUT2D eigenvalue weighted by Crippen LogP contribution is 2.30. The Morgan fingerprint density at radius 3 is 2.90 bits per heavy atom. The van der Waals surface area contributed by atoms with Crippen LogP contribution in [0.15, 0.2) is 36.5 Å². The van der Waals surface area contributed by atoms with Crippen LogP contribution in [0.2, 0.25) is 5.02 Å². The molecule has 0 saturated heterocycles. The fourth-order valence-corrected chi connectivity index (χ4v) is 1.70. The third-order valence-electron chi connectivity index (χ3n) is 2.45. The van der Waals surface area contributed by atoms with Gasteiger partial charge in [0.25, 0.3) is 0 Å². The van der Waals surface area contributed by atoms with E-state index >= 15 is 0 Å². The minimum Gasteiger partial charge on any atom is -0.482 e. The van der Waals surface area contributed by atoms with Gasteiger partial charge in [-0.25, -0.2) is 4.98 Å². The zero-order valence-corrected chi connectivity index (χ0v) is 10.9. The number of nitro groups is 1. The van der Waals surface area contributed by atoms with Crippen molar-refractivity contribution in [3.05, 3.63) is 62.9 Å². The Kier molecular flexibility index (Phi) is 4.13. The van der Waals surface area contributed by atoms with E-state index in [9.17, 15) is 10.1 Å². The third-order valence-corrected chi connectivity index (χ3v) is 2.69. The number of halogens is 1. The molecule has 0 spiro atoms. The maximum atomic E-state index is 10.9. The molecular weight excluding hydrogens is 282 g/mol. The van der Waals surface area contributed by atoms with Crippen molar-refractivity contribution in [3.63, 3.8) is 0 Å². The van der Waals surface area contributed by atoms with E-state index in [1.54, 1.807) is 12.1 Å². The van der Waals surface area contributed by atoms with E-state index in [-0.39, 0.29) is 23.7 Å². The Bertz CT molecular complexity index is 698. The topological polar surface area (TPSA) is 89.0 Å². The predicted molar refractivity (Wildman–Crippen MR) is 71.4 cm³/mol. The van der Waals surface area contributed by atoms with Crippen LogP contribution < -0.4 is 4.74 Å². The Labute approximate surface area is 119 Å². The summed E-state index contributed by atoms with van der Waals surface area (Å²) >= 11 is 5.80. The van der Waals surface area contributed by atoms with Gasteiger partial charge in [-0.2, -0.15) is 5.26 Å². The molecule has 2 aromatic rings. The minimum absolute atomic E-state index is 0.0813. The highest BCUT2D eigenvalue weighted by atomic mass is 35.5. The van der Waals surface area contributed by atoms with E-state index in [4.69, 9.17) is 21.6 Å². The lowest BCUT2D eigenvalue weighted by Gasteiger charge is -2.07. The average Bonchev–Trinajstić information content (AvgIpc) is 2.45. The van der Waals surface area contributed by atoms with Crippen LogP contribution in [0.25, 0.3) is 0 Å². The van der Waals surface area contributed by atoms with Crippen LogP contribution in [-0.4, -0.2) is 9.91 Å². The van der Waals surface area contributed by atoms with Crippen molar-refractivity contribution in [2.75, 3.05) is 0 Å². The van der Waals surface area contributed by atoms with Crippen molar-refractivity contribution in [3.8, 4) is 11.8 Å². The summed E-state index contributed by atoms with van der Waals surface area (Å²) in [7, 11) is 0. The number of nitro benzene ring substituents is 1. The molecule has 100 valence electrons. The summed E-state index contributed by atoms with van der Waals surface area (Å²) in [4.78, 5) is 14.2. The first-order chi connectivity index (χ1) is 9.60. The number of hydrogen-bond donors (Lipinski definition) is 0. The van der Waals surface area contributed by atoms with Crippen molar-refractivity contribution in [2.24, 2.45) is 0 Å². The minimum atomic E-state index is -0.543. The summed E-state index contributed by atoms with van der Waals surface area (Å²) < 4.78 is 5.40. The van der Waals surface area contributed by atoms with E-state index in [0.717, 1.165) is 0 Å². The van der Waals surface area contributed by atoms with Gasteiger partial charge in [0.15, 0.2) is 5.75 Å². The number of ether oxygens (including phenoxy) is 1. The maximum absolute atomic E-state index is 10.9. The molecule has 1 heterocycles. The second-order valence-corrected chi connectivity index (χ2v) is 4.26. The molecule has 0 bridgehead atoms. The first-order valence-electron chi connectivity index (χ1n) is 5.52. The van der Waals surface area contributed by atoms with Crippen LogP contribution in [0.5, 0.6) is 5.75 Å². The number of rotatable bonds is 4. The van der Waals surface area contributed by atoms with Gasteiger partial charge >= 0.3 is 5.69 Å². The fraction of sp³-hybridized carbons (Fsp3) is 0.0769. The van der Waals surface area contributed by atoms with Crippen molar-refractivity contribution in [2.45, 2.75) is 6.61 Å². The summed E-state index contributed by atoms with van der Waals surface area (Å²) in [6, 6.07) is 9.21. The van der Waals surface area contributed by atoms with Gasteiger partial charge in [0.1, 0.15) is 18.4 Å². The molecule has 0 atom stereocenters. The SMILES string of the molecule is N#Cc1cc(COc2cc(Cl)ccc2[N+](=O)[O-])ccn1. The first kappa shape index (κ1) is 13.8. The number of hydrogen-bond acceptors (Lipinski definition) is 5. The molecule has 1 aromatic carbocycles. The van der Waals surface area contributed by atoms with Crippen molar-refractivity contribution >= 4 is 17.3 Å². The predicted octanol–water partition coefficient (Wildman–Crippen LogP) is 3.09. The molecule has 7 heteroatoms. The number of benzene rings is 1. The van der Waals surface area contributed by atoms with E-state index in [2.05, 4.69) is 4.98 Å². The summed E-state index contributed by atoms with van der Waals surface area (Å²) in [6.07, 6.45) is 1.48. The van der Waals surface area contributed by atoms with Gasteiger partial charge in [-0.3, -0.25) is 10.1 Å². The van der Waals surface area contributed by atoms with E-state index in [1.807, 2.05) is 6.07 Å². The summed E-state index contributed by atoms with van der Waals surface area (Å²) in [6.45, 7) is 0.0817. The van der Waals surface area contributed by atoms with Crippen molar-refractivity contribution in [1.29, 1.82) is 5.26 Å². The van der Waals surface area contributed by atoms with Crippen LogP contribution in [0, 0.1) is 21.4 Å². The van der Waals surface area contributed by atoms with Gasteiger partial charge in [-0.1, -0.05) is 11.6 Å². The lowest BCUT2D eigenvalue weighted by Crippen LogP contribution is -2.00. The molecule has 0 radical (unpaired) electrons. The Morgan fingerprint density at radius 1 is 1.40 bits per heavy atom. The molecule has 0 aliphatic rings. The van der Waals surface area contributed by atoms with Gasteiger partial charge < -0.3 is 4.74 Å². The standard InChI is InChI=1S/C13H8ClN3O3/c14-10-1-2-12(17(18)19)13(6-10)20-8-9-3-4-16-11(5-9)7-15/h1-6H,8H2. The first-order valence-corrected chi connectivity index (χ1v) is 5.89. The molecule has 0 saturated carbocycles. The van der Waals surface area contributed by atoms with Gasteiger partial charge in [-0.05, 0) is 23.8 Å². The molecule has 0 unspecified atom stereocenters. The van der Waals surface area contributed by atoms with Gasteiger partial charge in [0.2, 0.25) is 0 Å². The number of nitriles is 1. The second kappa shape index (κ2) is 5.99. The number of nitrogens with zero attached hydrogens (tertiary/aromatic N) is 3. The van der Waals surface area contributed by atoms with E-state index in [1.165, 1.54) is 24.4 Å². The van der Waals surface area contributed by atoms with Crippen molar-refractivity contribution in [1.82, 2.24) is 4.98 Å². The normalized spacial score (nSPS) is 9.80. The molecular formula is C13H8ClN3O3. The monoisotopic (exact) mass is 289 g/mol. The highest BCUT2D eigenvalue weighted by Gasteiger charge is 2.15. The summed E-state index contributed by atoms with van der Waals surface area (Å²) in [5, 5.41) is 20.0. The van der Waals surface area contributed by atoms with E-state index in [0.29, 0.717) is 10.6 Å². The average molecular weight is 290 g/mol. The van der Waals surface area contributed by atoms with Gasteiger partial charge in [-0.15, -0.1) is 0 Å². The Morgan fingerprint density at radius 2 is 2.20 bits per heavy atom. The smallest absolute Gasteiger partial charge is 0.311 e. The second-order valence-electron chi connectivity index (χ2n) is 3.82. The van der Waals surface area contributed by atoms with Gasteiger partial charge in [0, 0.05) is 23.4 Å². The quantitative estimate of drug-likeness (QED) is 0.637.